The van der Waals surface area contributed by atoms with Crippen molar-refractivity contribution in [3.8, 4) is 0 Å². The van der Waals surface area contributed by atoms with Gasteiger partial charge in [0.1, 0.15) is 16.4 Å². The summed E-state index contributed by atoms with van der Waals surface area (Å²) >= 11 is 0. The molecule has 0 saturated heterocycles. The molecule has 116 valence electrons. The van der Waals surface area contributed by atoms with E-state index in [0.29, 0.717) is 42.1 Å². The third kappa shape index (κ3) is 2.93. The molecule has 1 aliphatic heterocycles. The van der Waals surface area contributed by atoms with Gasteiger partial charge in [-0.15, -0.1) is 0 Å². The van der Waals surface area contributed by atoms with E-state index in [2.05, 4.69) is 5.32 Å². The molecule has 1 aromatic heterocycles. The Bertz CT molecular complexity index is 657. The van der Waals surface area contributed by atoms with Crippen LogP contribution in [0.5, 0.6) is 0 Å². The summed E-state index contributed by atoms with van der Waals surface area (Å²) in [5, 5.41) is 3.39. The van der Waals surface area contributed by atoms with E-state index in [0.717, 1.165) is 12.0 Å². The molecule has 1 N–H and O–H groups in total. The van der Waals surface area contributed by atoms with Crippen LogP contribution in [0.1, 0.15) is 36.3 Å². The molecule has 21 heavy (non-hydrogen) atoms. The van der Waals surface area contributed by atoms with E-state index < -0.39 is 10.0 Å². The van der Waals surface area contributed by atoms with Crippen LogP contribution in [-0.2, 0) is 16.6 Å². The summed E-state index contributed by atoms with van der Waals surface area (Å²) in [6, 6.07) is 0.535. The Hall–Kier alpha value is -1.11. The highest BCUT2D eigenvalue weighted by atomic mass is 32.2. The lowest BCUT2D eigenvalue weighted by Crippen LogP contribution is -2.34. The van der Waals surface area contributed by atoms with Gasteiger partial charge in [0, 0.05) is 31.2 Å². The minimum absolute atomic E-state index is 0.364. The summed E-state index contributed by atoms with van der Waals surface area (Å²) in [6.45, 7) is 5.12. The minimum Gasteiger partial charge on any atom is -0.465 e. The molecule has 0 spiro atoms. The van der Waals surface area contributed by atoms with E-state index in [1.54, 1.807) is 6.92 Å². The van der Waals surface area contributed by atoms with Crippen LogP contribution in [0.2, 0.25) is 0 Å². The first-order valence-corrected chi connectivity index (χ1v) is 8.91. The molecule has 2 aliphatic rings. The van der Waals surface area contributed by atoms with E-state index in [1.165, 1.54) is 17.1 Å². The third-order valence-corrected chi connectivity index (χ3v) is 6.15. The van der Waals surface area contributed by atoms with Gasteiger partial charge in [-0.25, -0.2) is 8.42 Å². The van der Waals surface area contributed by atoms with Crippen molar-refractivity contribution in [2.24, 2.45) is 0 Å². The van der Waals surface area contributed by atoms with Gasteiger partial charge in [0.2, 0.25) is 10.0 Å². The van der Waals surface area contributed by atoms with Gasteiger partial charge in [0.25, 0.3) is 0 Å². The molecule has 0 amide bonds. The highest BCUT2D eigenvalue weighted by Gasteiger charge is 2.33. The molecular weight excluding hydrogens is 288 g/mol. The van der Waals surface area contributed by atoms with E-state index in [-0.39, 0.29) is 0 Å². The van der Waals surface area contributed by atoms with Crippen molar-refractivity contribution in [2.45, 2.75) is 50.6 Å². The minimum atomic E-state index is -3.48. The Labute approximate surface area is 126 Å². The number of sulfonamides is 1. The zero-order valence-electron chi connectivity index (χ0n) is 12.6. The maximum atomic E-state index is 12.9. The van der Waals surface area contributed by atoms with Gasteiger partial charge in [-0.05, 0) is 33.1 Å². The average molecular weight is 310 g/mol. The molecule has 3 rings (SSSR count). The number of hydrogen-bond acceptors (Lipinski definition) is 4. The number of furan rings is 1. The van der Waals surface area contributed by atoms with Crippen LogP contribution < -0.4 is 5.32 Å². The Morgan fingerprint density at radius 1 is 1.29 bits per heavy atom. The lowest BCUT2D eigenvalue weighted by atomic mass is 10.2. The standard InChI is InChI=1S/C15H22N2O3S/c1-11-14(10-16-13-6-7-13)15(12(2)20-11)21(18,19)17-8-4-3-5-9-17/h3-4,13,16H,5-10H2,1-2H3. The molecule has 0 unspecified atom stereocenters. The molecule has 6 heteroatoms. The number of nitrogens with one attached hydrogen (secondary N) is 1. The van der Waals surface area contributed by atoms with Crippen LogP contribution in [0, 0.1) is 13.8 Å². The Morgan fingerprint density at radius 3 is 2.67 bits per heavy atom. The number of nitrogens with zero attached hydrogens (tertiary/aromatic N) is 1. The number of hydrogen-bond donors (Lipinski definition) is 1. The van der Waals surface area contributed by atoms with Crippen LogP contribution in [-0.4, -0.2) is 31.9 Å². The van der Waals surface area contributed by atoms with Gasteiger partial charge >= 0.3 is 0 Å². The van der Waals surface area contributed by atoms with Crippen molar-refractivity contribution in [1.29, 1.82) is 0 Å². The second kappa shape index (κ2) is 5.59. The van der Waals surface area contributed by atoms with Crippen molar-refractivity contribution in [3.05, 3.63) is 29.2 Å². The fraction of sp³-hybridized carbons (Fsp3) is 0.600. The fourth-order valence-electron chi connectivity index (χ4n) is 2.75. The molecule has 5 nitrogen and oxygen atoms in total. The molecular formula is C15H22N2O3S. The fourth-order valence-corrected chi connectivity index (χ4v) is 4.57. The Morgan fingerprint density at radius 2 is 2.05 bits per heavy atom. The number of rotatable bonds is 5. The number of aryl methyl sites for hydroxylation is 2. The summed E-state index contributed by atoms with van der Waals surface area (Å²) in [5.74, 6) is 1.20. The van der Waals surface area contributed by atoms with Crippen LogP contribution in [0.3, 0.4) is 0 Å². The third-order valence-electron chi connectivity index (χ3n) is 4.09. The van der Waals surface area contributed by atoms with Gasteiger partial charge in [0.05, 0.1) is 0 Å². The van der Waals surface area contributed by atoms with Crippen molar-refractivity contribution in [3.63, 3.8) is 0 Å². The highest BCUT2D eigenvalue weighted by molar-refractivity contribution is 7.89. The maximum Gasteiger partial charge on any atom is 0.247 e. The van der Waals surface area contributed by atoms with Crippen molar-refractivity contribution in [2.75, 3.05) is 13.1 Å². The van der Waals surface area contributed by atoms with Gasteiger partial charge in [-0.3, -0.25) is 0 Å². The molecule has 1 fully saturated rings. The summed E-state index contributed by atoms with van der Waals surface area (Å²) in [7, 11) is -3.48. The molecule has 1 aliphatic carbocycles. The summed E-state index contributed by atoms with van der Waals surface area (Å²) in [5.41, 5.74) is 0.786. The van der Waals surface area contributed by atoms with Crippen LogP contribution in [0.25, 0.3) is 0 Å². The molecule has 0 radical (unpaired) electrons. The van der Waals surface area contributed by atoms with Gasteiger partial charge in [0.15, 0.2) is 0 Å². The van der Waals surface area contributed by atoms with Crippen LogP contribution >= 0.6 is 0 Å². The molecule has 0 aromatic carbocycles. The van der Waals surface area contributed by atoms with E-state index in [9.17, 15) is 8.42 Å². The lowest BCUT2D eigenvalue weighted by Gasteiger charge is -2.23. The van der Waals surface area contributed by atoms with Crippen LogP contribution in [0.15, 0.2) is 21.5 Å². The van der Waals surface area contributed by atoms with E-state index in [1.807, 2.05) is 19.1 Å². The predicted octanol–water partition coefficient (Wildman–Crippen LogP) is 2.10. The monoisotopic (exact) mass is 310 g/mol. The van der Waals surface area contributed by atoms with Crippen molar-refractivity contribution >= 4 is 10.0 Å². The quantitative estimate of drug-likeness (QED) is 0.846. The zero-order chi connectivity index (χ0) is 15.0. The second-order valence-electron chi connectivity index (χ2n) is 5.80. The second-order valence-corrected chi connectivity index (χ2v) is 7.68. The SMILES string of the molecule is Cc1oc(C)c(S(=O)(=O)N2CC=CCC2)c1CNC1CC1. The van der Waals surface area contributed by atoms with Gasteiger partial charge in [-0.2, -0.15) is 4.31 Å². The van der Waals surface area contributed by atoms with Gasteiger partial charge in [-0.1, -0.05) is 12.2 Å². The Balaban J connectivity index is 1.93. The molecule has 1 saturated carbocycles. The largest absolute Gasteiger partial charge is 0.465 e. The first-order chi connectivity index (χ1) is 10.00. The lowest BCUT2D eigenvalue weighted by molar-refractivity contribution is 0.433. The first kappa shape index (κ1) is 14.8. The van der Waals surface area contributed by atoms with E-state index >= 15 is 0 Å². The highest BCUT2D eigenvalue weighted by Crippen LogP contribution is 2.31. The summed E-state index contributed by atoms with van der Waals surface area (Å²) in [4.78, 5) is 0.364. The Kier molecular flexibility index (Phi) is 3.94. The summed E-state index contributed by atoms with van der Waals surface area (Å²) in [6.07, 6.45) is 7.05. The molecule has 2 heterocycles. The normalized spacial score (nSPS) is 20.1. The first-order valence-electron chi connectivity index (χ1n) is 7.47. The smallest absolute Gasteiger partial charge is 0.247 e. The predicted molar refractivity (Wildman–Crippen MR) is 80.6 cm³/mol. The van der Waals surface area contributed by atoms with Crippen molar-refractivity contribution < 1.29 is 12.8 Å². The van der Waals surface area contributed by atoms with E-state index in [4.69, 9.17) is 4.42 Å². The average Bonchev–Trinajstić information content (AvgIpc) is 3.23. The molecule has 0 atom stereocenters. The van der Waals surface area contributed by atoms with Crippen molar-refractivity contribution in [1.82, 2.24) is 9.62 Å². The zero-order valence-corrected chi connectivity index (χ0v) is 13.4. The summed E-state index contributed by atoms with van der Waals surface area (Å²) < 4.78 is 33.0. The van der Waals surface area contributed by atoms with Crippen LogP contribution in [0.4, 0.5) is 0 Å². The molecule has 1 aromatic rings. The topological polar surface area (TPSA) is 62.6 Å². The maximum absolute atomic E-state index is 12.9. The molecule has 0 bridgehead atoms. The van der Waals surface area contributed by atoms with Gasteiger partial charge < -0.3 is 9.73 Å².